The number of rotatable bonds is 3. The zero-order chi connectivity index (χ0) is 13.2. The molecular formula is C13H17BrClNO. The summed E-state index contributed by atoms with van der Waals surface area (Å²) in [4.78, 5) is 12.2. The number of benzene rings is 1. The van der Waals surface area contributed by atoms with Crippen LogP contribution in [0, 0.1) is 6.92 Å². The number of hydrogen-bond acceptors (Lipinski definition) is 1. The second kappa shape index (κ2) is 5.40. The third-order valence-electron chi connectivity index (χ3n) is 2.85. The highest BCUT2D eigenvalue weighted by atomic mass is 79.9. The molecule has 0 aliphatic rings. The first-order valence-electron chi connectivity index (χ1n) is 5.47. The summed E-state index contributed by atoms with van der Waals surface area (Å²) in [5.41, 5.74) is 1.24. The number of hydrogen-bond donors (Lipinski definition) is 1. The van der Waals surface area contributed by atoms with E-state index in [1.54, 1.807) is 18.2 Å². The number of halogens is 2. The Labute approximate surface area is 116 Å². The molecule has 0 bridgehead atoms. The second-order valence-electron chi connectivity index (χ2n) is 4.76. The van der Waals surface area contributed by atoms with Gasteiger partial charge < -0.3 is 5.32 Å². The molecule has 2 nitrogen and oxygen atoms in total. The van der Waals surface area contributed by atoms with Gasteiger partial charge in [-0.25, -0.2) is 0 Å². The molecule has 0 radical (unpaired) electrons. The van der Waals surface area contributed by atoms with Gasteiger partial charge in [0.05, 0.1) is 0 Å². The lowest BCUT2D eigenvalue weighted by Gasteiger charge is -2.29. The van der Waals surface area contributed by atoms with Crippen LogP contribution in [0.25, 0.3) is 0 Å². The Morgan fingerprint density at radius 1 is 1.47 bits per heavy atom. The molecule has 4 heteroatoms. The van der Waals surface area contributed by atoms with E-state index in [1.165, 1.54) is 0 Å². The average Bonchev–Trinajstić information content (AvgIpc) is 2.21. The average molecular weight is 319 g/mol. The molecule has 1 aromatic rings. The van der Waals surface area contributed by atoms with Crippen molar-refractivity contribution < 1.29 is 4.79 Å². The van der Waals surface area contributed by atoms with E-state index in [2.05, 4.69) is 21.2 Å². The molecule has 1 rings (SSSR count). The number of carbonyl (C=O) groups is 1. The van der Waals surface area contributed by atoms with Crippen molar-refractivity contribution in [1.29, 1.82) is 0 Å². The van der Waals surface area contributed by atoms with Gasteiger partial charge >= 0.3 is 0 Å². The first-order chi connectivity index (χ1) is 7.74. The van der Waals surface area contributed by atoms with Crippen molar-refractivity contribution in [1.82, 2.24) is 5.32 Å². The van der Waals surface area contributed by atoms with Crippen LogP contribution in [0.5, 0.6) is 0 Å². The molecule has 0 fully saturated rings. The fourth-order valence-electron chi connectivity index (χ4n) is 1.25. The summed E-state index contributed by atoms with van der Waals surface area (Å²) in [6.07, 6.45) is 0. The Hall–Kier alpha value is -0.540. The highest BCUT2D eigenvalue weighted by molar-refractivity contribution is 9.09. The minimum atomic E-state index is -0.301. The molecule has 0 heterocycles. The lowest BCUT2D eigenvalue weighted by Crippen LogP contribution is -2.48. The first kappa shape index (κ1) is 14.5. The second-order valence-corrected chi connectivity index (χ2v) is 6.54. The molecule has 0 saturated heterocycles. The van der Waals surface area contributed by atoms with Crippen molar-refractivity contribution in [2.45, 2.75) is 38.1 Å². The van der Waals surface area contributed by atoms with E-state index >= 15 is 0 Å². The van der Waals surface area contributed by atoms with Crippen LogP contribution >= 0.6 is 27.5 Å². The van der Waals surface area contributed by atoms with Crippen LogP contribution in [0.1, 0.15) is 36.7 Å². The maximum Gasteiger partial charge on any atom is 0.251 e. The quantitative estimate of drug-likeness (QED) is 0.840. The molecule has 94 valence electrons. The predicted octanol–water partition coefficient (Wildman–Crippen LogP) is 3.94. The van der Waals surface area contributed by atoms with E-state index in [0.29, 0.717) is 10.6 Å². The maximum absolute atomic E-state index is 12.1. The van der Waals surface area contributed by atoms with Crippen molar-refractivity contribution in [2.24, 2.45) is 0 Å². The van der Waals surface area contributed by atoms with Crippen LogP contribution in [0.2, 0.25) is 5.02 Å². The van der Waals surface area contributed by atoms with Crippen molar-refractivity contribution >= 4 is 33.4 Å². The third-order valence-corrected chi connectivity index (χ3v) is 4.42. The number of carbonyl (C=O) groups excluding carboxylic acids is 1. The summed E-state index contributed by atoms with van der Waals surface area (Å²) >= 11 is 9.42. The van der Waals surface area contributed by atoms with Gasteiger partial charge in [0.1, 0.15) is 0 Å². The Morgan fingerprint density at radius 2 is 2.06 bits per heavy atom. The molecule has 0 aliphatic carbocycles. The molecule has 17 heavy (non-hydrogen) atoms. The van der Waals surface area contributed by atoms with Gasteiger partial charge in [-0.1, -0.05) is 34.5 Å². The normalized spacial score (nSPS) is 13.3. The molecule has 1 amide bonds. The van der Waals surface area contributed by atoms with Crippen LogP contribution in [-0.2, 0) is 0 Å². The summed E-state index contributed by atoms with van der Waals surface area (Å²) in [7, 11) is 0. The smallest absolute Gasteiger partial charge is 0.251 e. The van der Waals surface area contributed by atoms with Gasteiger partial charge in [-0.15, -0.1) is 0 Å². The number of aryl methyl sites for hydroxylation is 1. The van der Waals surface area contributed by atoms with Gasteiger partial charge in [-0.3, -0.25) is 4.79 Å². The van der Waals surface area contributed by atoms with E-state index in [-0.39, 0.29) is 16.3 Å². The fourth-order valence-corrected chi connectivity index (χ4v) is 1.48. The fraction of sp³-hybridized carbons (Fsp3) is 0.462. The Morgan fingerprint density at radius 3 is 2.53 bits per heavy atom. The summed E-state index contributed by atoms with van der Waals surface area (Å²) < 4.78 is 0. The van der Waals surface area contributed by atoms with Gasteiger partial charge in [0, 0.05) is 21.0 Å². The zero-order valence-electron chi connectivity index (χ0n) is 10.5. The van der Waals surface area contributed by atoms with E-state index in [1.807, 2.05) is 27.7 Å². The summed E-state index contributed by atoms with van der Waals surface area (Å²) in [5.74, 6) is -0.0823. The summed E-state index contributed by atoms with van der Waals surface area (Å²) in [6, 6.07) is 5.28. The molecule has 1 atom stereocenters. The lowest BCUT2D eigenvalue weighted by atomic mass is 10.0. The molecule has 0 saturated carbocycles. The first-order valence-corrected chi connectivity index (χ1v) is 6.76. The largest absolute Gasteiger partial charge is 0.346 e. The molecule has 0 spiro atoms. The molecule has 0 aliphatic heterocycles. The van der Waals surface area contributed by atoms with Crippen molar-refractivity contribution in [3.8, 4) is 0 Å². The van der Waals surface area contributed by atoms with E-state index < -0.39 is 0 Å². The maximum atomic E-state index is 12.1. The topological polar surface area (TPSA) is 29.1 Å². The molecule has 1 aromatic carbocycles. The molecular weight excluding hydrogens is 302 g/mol. The van der Waals surface area contributed by atoms with E-state index in [4.69, 9.17) is 11.6 Å². The number of alkyl halides is 1. The monoisotopic (exact) mass is 317 g/mol. The molecule has 1 N–H and O–H groups in total. The van der Waals surface area contributed by atoms with Crippen LogP contribution in [0.3, 0.4) is 0 Å². The van der Waals surface area contributed by atoms with Crippen molar-refractivity contribution in [3.63, 3.8) is 0 Å². The minimum absolute atomic E-state index is 0.0823. The predicted molar refractivity (Wildman–Crippen MR) is 76.1 cm³/mol. The molecule has 1 unspecified atom stereocenters. The zero-order valence-corrected chi connectivity index (χ0v) is 12.8. The highest BCUT2D eigenvalue weighted by Gasteiger charge is 2.26. The van der Waals surface area contributed by atoms with Crippen molar-refractivity contribution in [3.05, 3.63) is 34.3 Å². The summed E-state index contributed by atoms with van der Waals surface area (Å²) in [5, 5.41) is 3.67. The Balaban J connectivity index is 2.87. The Kier molecular flexibility index (Phi) is 4.62. The number of amides is 1. The van der Waals surface area contributed by atoms with Gasteiger partial charge in [-0.2, -0.15) is 0 Å². The van der Waals surface area contributed by atoms with Gasteiger partial charge in [-0.05, 0) is 44.5 Å². The lowest BCUT2D eigenvalue weighted by molar-refractivity contribution is 0.0914. The van der Waals surface area contributed by atoms with Gasteiger partial charge in [0.15, 0.2) is 0 Å². The van der Waals surface area contributed by atoms with E-state index in [0.717, 1.165) is 5.56 Å². The SMILES string of the molecule is Cc1cc(C(=O)NC(C)(C)C(C)Br)ccc1Cl. The van der Waals surface area contributed by atoms with Crippen LogP contribution < -0.4 is 5.32 Å². The van der Waals surface area contributed by atoms with Gasteiger partial charge in [0.25, 0.3) is 5.91 Å². The molecule has 0 aromatic heterocycles. The van der Waals surface area contributed by atoms with Gasteiger partial charge in [0.2, 0.25) is 0 Å². The van der Waals surface area contributed by atoms with Crippen LogP contribution in [0.15, 0.2) is 18.2 Å². The van der Waals surface area contributed by atoms with Crippen molar-refractivity contribution in [2.75, 3.05) is 0 Å². The third kappa shape index (κ3) is 3.71. The van der Waals surface area contributed by atoms with Crippen LogP contribution in [0.4, 0.5) is 0 Å². The minimum Gasteiger partial charge on any atom is -0.346 e. The standard InChI is InChI=1S/C13H17BrClNO/c1-8-7-10(5-6-11(8)15)12(17)16-13(3,4)9(2)14/h5-7,9H,1-4H3,(H,16,17). The summed E-state index contributed by atoms with van der Waals surface area (Å²) in [6.45, 7) is 7.85. The van der Waals surface area contributed by atoms with Crippen LogP contribution in [-0.4, -0.2) is 16.3 Å². The van der Waals surface area contributed by atoms with E-state index in [9.17, 15) is 4.79 Å². The Bertz CT molecular complexity index is 429. The highest BCUT2D eigenvalue weighted by Crippen LogP contribution is 2.19. The number of nitrogens with one attached hydrogen (secondary N) is 1.